The maximum atomic E-state index is 13.9. The zero-order chi connectivity index (χ0) is 40.4. The average Bonchev–Trinajstić information content (AvgIpc) is 3.27. The molecule has 58 heavy (non-hydrogen) atoms. The van der Waals surface area contributed by atoms with Crippen molar-refractivity contribution in [1.82, 2.24) is 15.6 Å². The molecular weight excluding hydrogens is 721 g/mol. The normalized spacial score (nSPS) is 12.2. The summed E-state index contributed by atoms with van der Waals surface area (Å²) in [7, 11) is 0. The number of amides is 2. The molecule has 0 aliphatic heterocycles. The zero-order valence-corrected chi connectivity index (χ0v) is 32.8. The molecule has 4 N–H and O–H groups in total. The minimum atomic E-state index is -1.04. The standard InChI is InChI=1S/C50H52N4O4/c55-47(29-15-18-36-52-46-28-14-17-35-51-46)54-45(48(56)53-37-44(49(57)58)40-32-30-39(31-33-40)38-19-5-1-6-20-38)27-13-16-34-50(41-21-7-2-8-22-41,42-23-9-3-10-24-42)43-25-11-4-12-26-43/h1-12,14,17,19-26,28,30-33,35,44-45H,13,15-16,18,27,29,34,36-37H2,(H,51,52)(H,53,56)(H,54,55)(H,57,58)/t44?,45-/m0/s1. The molecule has 0 aliphatic rings. The van der Waals surface area contributed by atoms with Crippen molar-refractivity contribution in [2.75, 3.05) is 18.4 Å². The van der Waals surface area contributed by atoms with Gasteiger partial charge in [0, 0.05) is 31.1 Å². The quantitative estimate of drug-likeness (QED) is 0.0428. The Labute approximate surface area is 341 Å². The number of nitrogens with zero attached hydrogens (tertiary/aromatic N) is 1. The number of carboxylic acids is 1. The van der Waals surface area contributed by atoms with E-state index in [0.717, 1.165) is 36.2 Å². The molecule has 0 bridgehead atoms. The summed E-state index contributed by atoms with van der Waals surface area (Å²) in [6, 6.07) is 53.7. The van der Waals surface area contributed by atoms with Gasteiger partial charge in [0.15, 0.2) is 0 Å². The van der Waals surface area contributed by atoms with Gasteiger partial charge in [-0.25, -0.2) is 4.98 Å². The van der Waals surface area contributed by atoms with Crippen molar-refractivity contribution in [2.24, 2.45) is 0 Å². The lowest BCUT2D eigenvalue weighted by atomic mass is 9.66. The van der Waals surface area contributed by atoms with Crippen LogP contribution in [0.1, 0.15) is 73.1 Å². The lowest BCUT2D eigenvalue weighted by Crippen LogP contribution is -2.48. The molecule has 6 aromatic rings. The molecule has 0 saturated heterocycles. The number of hydrogen-bond acceptors (Lipinski definition) is 5. The van der Waals surface area contributed by atoms with Crippen LogP contribution in [-0.4, -0.2) is 47.0 Å². The highest BCUT2D eigenvalue weighted by atomic mass is 16.4. The highest BCUT2D eigenvalue weighted by Gasteiger charge is 2.36. The number of benzene rings is 5. The van der Waals surface area contributed by atoms with Gasteiger partial charge in [-0.1, -0.05) is 165 Å². The van der Waals surface area contributed by atoms with Crippen molar-refractivity contribution in [3.8, 4) is 11.1 Å². The fourth-order valence-electron chi connectivity index (χ4n) is 7.68. The molecule has 0 aliphatic carbocycles. The average molecular weight is 773 g/mol. The Morgan fingerprint density at radius 2 is 1.16 bits per heavy atom. The van der Waals surface area contributed by atoms with Gasteiger partial charge in [0.05, 0.1) is 5.92 Å². The Hall–Kier alpha value is -6.54. The number of carbonyl (C=O) groups is 3. The van der Waals surface area contributed by atoms with Crippen LogP contribution in [0.15, 0.2) is 170 Å². The number of carbonyl (C=O) groups excluding carboxylic acids is 2. The van der Waals surface area contributed by atoms with Crippen LogP contribution in [0, 0.1) is 0 Å². The third kappa shape index (κ3) is 11.1. The zero-order valence-electron chi connectivity index (χ0n) is 32.8. The van der Waals surface area contributed by atoms with Crippen LogP contribution < -0.4 is 16.0 Å². The number of hydrogen-bond donors (Lipinski definition) is 4. The second-order valence-electron chi connectivity index (χ2n) is 14.6. The number of aromatic nitrogens is 1. The largest absolute Gasteiger partial charge is 0.481 e. The number of aliphatic carboxylic acids is 1. The molecular formula is C50H52N4O4. The van der Waals surface area contributed by atoms with E-state index in [1.54, 1.807) is 18.3 Å². The molecule has 8 nitrogen and oxygen atoms in total. The Bertz CT molecular complexity index is 2050. The van der Waals surface area contributed by atoms with E-state index in [0.29, 0.717) is 31.4 Å². The van der Waals surface area contributed by atoms with Crippen LogP contribution in [0.5, 0.6) is 0 Å². The minimum Gasteiger partial charge on any atom is -0.481 e. The lowest BCUT2D eigenvalue weighted by Gasteiger charge is -2.36. The Morgan fingerprint density at radius 3 is 1.71 bits per heavy atom. The number of rotatable bonds is 21. The van der Waals surface area contributed by atoms with Gasteiger partial charge in [0.25, 0.3) is 0 Å². The van der Waals surface area contributed by atoms with Gasteiger partial charge >= 0.3 is 5.97 Å². The van der Waals surface area contributed by atoms with Crippen molar-refractivity contribution < 1.29 is 19.5 Å². The summed E-state index contributed by atoms with van der Waals surface area (Å²) in [5, 5.41) is 19.4. The highest BCUT2D eigenvalue weighted by Crippen LogP contribution is 2.43. The Morgan fingerprint density at radius 1 is 0.603 bits per heavy atom. The van der Waals surface area contributed by atoms with Crippen LogP contribution in [-0.2, 0) is 19.8 Å². The van der Waals surface area contributed by atoms with E-state index < -0.39 is 29.3 Å². The summed E-state index contributed by atoms with van der Waals surface area (Å²) in [6.07, 6.45) is 5.98. The first-order chi connectivity index (χ1) is 28.4. The predicted octanol–water partition coefficient (Wildman–Crippen LogP) is 9.40. The maximum absolute atomic E-state index is 13.9. The van der Waals surface area contributed by atoms with Crippen molar-refractivity contribution >= 4 is 23.6 Å². The fourth-order valence-corrected chi connectivity index (χ4v) is 7.68. The van der Waals surface area contributed by atoms with Crippen LogP contribution >= 0.6 is 0 Å². The topological polar surface area (TPSA) is 120 Å². The molecule has 5 aromatic carbocycles. The molecule has 1 aromatic heterocycles. The molecule has 2 atom stereocenters. The first kappa shape index (κ1) is 41.1. The SMILES string of the molecule is O=C(CCCCNc1ccccn1)N[C@@H](CCCCC(c1ccccc1)(c1ccccc1)c1ccccc1)C(=O)NCC(C(=O)O)c1ccc(-c2ccccc2)cc1. The summed E-state index contributed by atoms with van der Waals surface area (Å²) in [6.45, 7) is 0.562. The van der Waals surface area contributed by atoms with Crippen LogP contribution in [0.2, 0.25) is 0 Å². The number of pyridine rings is 1. The van der Waals surface area contributed by atoms with Crippen molar-refractivity contribution in [3.05, 3.63) is 192 Å². The van der Waals surface area contributed by atoms with Gasteiger partial charge in [0.1, 0.15) is 11.9 Å². The second kappa shape index (κ2) is 21.1. The van der Waals surface area contributed by atoms with Gasteiger partial charge in [-0.15, -0.1) is 0 Å². The number of unbranched alkanes of at least 4 members (excludes halogenated alkanes) is 2. The minimum absolute atomic E-state index is 0.108. The molecule has 2 amide bonds. The first-order valence-corrected chi connectivity index (χ1v) is 20.2. The summed E-state index contributed by atoms with van der Waals surface area (Å²) in [5.74, 6) is -1.81. The molecule has 1 heterocycles. The van der Waals surface area contributed by atoms with Gasteiger partial charge in [-0.3, -0.25) is 14.4 Å². The summed E-state index contributed by atoms with van der Waals surface area (Å²) >= 11 is 0. The van der Waals surface area contributed by atoms with E-state index in [4.69, 9.17) is 0 Å². The van der Waals surface area contributed by atoms with Gasteiger partial charge in [-0.05, 0) is 71.2 Å². The highest BCUT2D eigenvalue weighted by molar-refractivity contribution is 5.88. The van der Waals surface area contributed by atoms with Crippen LogP contribution in [0.3, 0.4) is 0 Å². The Kier molecular flexibility index (Phi) is 15.0. The molecule has 296 valence electrons. The van der Waals surface area contributed by atoms with Gasteiger partial charge in [0.2, 0.25) is 11.8 Å². The molecule has 6 rings (SSSR count). The second-order valence-corrected chi connectivity index (χ2v) is 14.6. The third-order valence-corrected chi connectivity index (χ3v) is 10.7. The molecule has 0 spiro atoms. The molecule has 1 unspecified atom stereocenters. The van der Waals surface area contributed by atoms with Crippen molar-refractivity contribution in [1.29, 1.82) is 0 Å². The van der Waals surface area contributed by atoms with E-state index in [1.807, 2.05) is 78.9 Å². The monoisotopic (exact) mass is 772 g/mol. The van der Waals surface area contributed by atoms with Gasteiger partial charge in [-0.2, -0.15) is 0 Å². The molecule has 0 saturated carbocycles. The fraction of sp³-hybridized carbons (Fsp3) is 0.240. The molecule has 0 fully saturated rings. The van der Waals surface area contributed by atoms with E-state index in [9.17, 15) is 19.5 Å². The number of nitrogens with one attached hydrogen (secondary N) is 3. The van der Waals surface area contributed by atoms with Crippen molar-refractivity contribution in [2.45, 2.75) is 62.3 Å². The van der Waals surface area contributed by atoms with Crippen molar-refractivity contribution in [3.63, 3.8) is 0 Å². The van der Waals surface area contributed by atoms with Crippen LogP contribution in [0.25, 0.3) is 11.1 Å². The summed E-state index contributed by atoms with van der Waals surface area (Å²) in [4.78, 5) is 44.0. The van der Waals surface area contributed by atoms with E-state index in [2.05, 4.69) is 93.7 Å². The summed E-state index contributed by atoms with van der Waals surface area (Å²) in [5.41, 5.74) is 5.72. The Balaban J connectivity index is 1.14. The smallest absolute Gasteiger partial charge is 0.312 e. The first-order valence-electron chi connectivity index (χ1n) is 20.2. The third-order valence-electron chi connectivity index (χ3n) is 10.7. The van der Waals surface area contributed by atoms with Crippen LogP contribution in [0.4, 0.5) is 5.82 Å². The van der Waals surface area contributed by atoms with E-state index in [1.165, 1.54) is 16.7 Å². The van der Waals surface area contributed by atoms with E-state index >= 15 is 0 Å². The molecule has 8 heteroatoms. The molecule has 0 radical (unpaired) electrons. The summed E-state index contributed by atoms with van der Waals surface area (Å²) < 4.78 is 0. The lowest BCUT2D eigenvalue weighted by molar-refractivity contribution is -0.139. The predicted molar refractivity (Wildman–Crippen MR) is 231 cm³/mol. The number of anilines is 1. The maximum Gasteiger partial charge on any atom is 0.312 e. The van der Waals surface area contributed by atoms with E-state index in [-0.39, 0.29) is 18.9 Å². The van der Waals surface area contributed by atoms with Gasteiger partial charge < -0.3 is 21.1 Å². The number of carboxylic acid groups (broad SMARTS) is 1.